The van der Waals surface area contributed by atoms with Gasteiger partial charge < -0.3 is 10.8 Å². The monoisotopic (exact) mass is 288 g/mol. The van der Waals surface area contributed by atoms with E-state index in [1.165, 1.54) is 4.68 Å². The minimum Gasteiger partial charge on any atom is -0.476 e. The number of amides is 1. The highest BCUT2D eigenvalue weighted by Gasteiger charge is 2.19. The average Bonchev–Trinajstić information content (AvgIpc) is 2.79. The Balaban J connectivity index is 2.32. The number of benzene rings is 1. The normalized spacial score (nSPS) is 10.5. The van der Waals surface area contributed by atoms with Gasteiger partial charge in [0.2, 0.25) is 5.91 Å². The molecule has 0 bridgehead atoms. The van der Waals surface area contributed by atoms with E-state index >= 15 is 0 Å². The summed E-state index contributed by atoms with van der Waals surface area (Å²) in [5.41, 5.74) is 7.53. The minimum atomic E-state index is -1.14. The topological polar surface area (TPSA) is 111 Å². The summed E-state index contributed by atoms with van der Waals surface area (Å²) < 4.78 is 1.43. The molecule has 7 heteroatoms. The molecule has 1 aromatic carbocycles. The molecule has 0 aliphatic rings. The Morgan fingerprint density at radius 1 is 1.38 bits per heavy atom. The molecule has 0 atom stereocenters. The van der Waals surface area contributed by atoms with Crippen molar-refractivity contribution < 1.29 is 14.7 Å². The molecule has 1 aromatic heterocycles. The fourth-order valence-electron chi connectivity index (χ4n) is 2.09. The van der Waals surface area contributed by atoms with Crippen LogP contribution in [0.1, 0.15) is 33.7 Å². The summed E-state index contributed by atoms with van der Waals surface area (Å²) in [6, 6.07) is 7.74. The van der Waals surface area contributed by atoms with Gasteiger partial charge in [0.05, 0.1) is 12.2 Å². The molecule has 0 saturated carbocycles. The van der Waals surface area contributed by atoms with Crippen LogP contribution in [0.5, 0.6) is 0 Å². The Hall–Kier alpha value is -2.70. The smallest absolute Gasteiger partial charge is 0.358 e. The van der Waals surface area contributed by atoms with Gasteiger partial charge in [-0.15, -0.1) is 5.10 Å². The van der Waals surface area contributed by atoms with Gasteiger partial charge >= 0.3 is 5.97 Å². The maximum Gasteiger partial charge on any atom is 0.358 e. The Labute approximate surface area is 121 Å². The molecule has 2 rings (SSSR count). The van der Waals surface area contributed by atoms with Crippen molar-refractivity contribution in [2.75, 3.05) is 0 Å². The van der Waals surface area contributed by atoms with E-state index in [1.807, 2.05) is 31.2 Å². The first-order chi connectivity index (χ1) is 9.97. The predicted molar refractivity (Wildman–Crippen MR) is 74.8 cm³/mol. The molecule has 1 heterocycles. The van der Waals surface area contributed by atoms with E-state index in [1.54, 1.807) is 0 Å². The second-order valence-corrected chi connectivity index (χ2v) is 4.80. The van der Waals surface area contributed by atoms with Gasteiger partial charge in [-0.25, -0.2) is 9.48 Å². The van der Waals surface area contributed by atoms with Crippen LogP contribution in [0.2, 0.25) is 0 Å². The third-order valence-electron chi connectivity index (χ3n) is 3.06. The Kier molecular flexibility index (Phi) is 4.32. The summed E-state index contributed by atoms with van der Waals surface area (Å²) in [6.45, 7) is 2.18. The molecule has 1 amide bonds. The second-order valence-electron chi connectivity index (χ2n) is 4.80. The summed E-state index contributed by atoms with van der Waals surface area (Å²) in [5, 5.41) is 16.7. The molecule has 0 aliphatic carbocycles. The lowest BCUT2D eigenvalue weighted by molar-refractivity contribution is -0.118. The highest BCUT2D eigenvalue weighted by atomic mass is 16.4. The summed E-state index contributed by atoms with van der Waals surface area (Å²) in [4.78, 5) is 22.1. The van der Waals surface area contributed by atoms with Gasteiger partial charge in [0.1, 0.15) is 0 Å². The van der Waals surface area contributed by atoms with Crippen LogP contribution in [-0.2, 0) is 17.8 Å². The highest BCUT2D eigenvalue weighted by molar-refractivity contribution is 5.86. The number of carbonyl (C=O) groups excluding carboxylic acids is 1. The average molecular weight is 288 g/mol. The van der Waals surface area contributed by atoms with Crippen molar-refractivity contribution in [2.45, 2.75) is 26.3 Å². The summed E-state index contributed by atoms with van der Waals surface area (Å²) >= 11 is 0. The summed E-state index contributed by atoms with van der Waals surface area (Å²) in [6.07, 6.45) is 0.471. The van der Waals surface area contributed by atoms with Crippen molar-refractivity contribution in [2.24, 2.45) is 5.73 Å². The van der Waals surface area contributed by atoms with Gasteiger partial charge in [0, 0.05) is 12.8 Å². The van der Waals surface area contributed by atoms with Crippen molar-refractivity contribution in [3.8, 4) is 0 Å². The van der Waals surface area contributed by atoms with Crippen molar-refractivity contribution >= 4 is 11.9 Å². The van der Waals surface area contributed by atoms with Crippen LogP contribution in [0.3, 0.4) is 0 Å². The second kappa shape index (κ2) is 6.17. The summed E-state index contributed by atoms with van der Waals surface area (Å²) in [5.74, 6) is -1.60. The first kappa shape index (κ1) is 14.7. The molecule has 7 nitrogen and oxygen atoms in total. The quantitative estimate of drug-likeness (QED) is 0.814. The fraction of sp³-hybridized carbons (Fsp3) is 0.286. The first-order valence-electron chi connectivity index (χ1n) is 6.47. The van der Waals surface area contributed by atoms with Crippen molar-refractivity contribution in [3.63, 3.8) is 0 Å². The number of carboxylic acids is 1. The summed E-state index contributed by atoms with van der Waals surface area (Å²) in [7, 11) is 0. The van der Waals surface area contributed by atoms with Gasteiger partial charge in [-0.1, -0.05) is 35.0 Å². The van der Waals surface area contributed by atoms with Crippen LogP contribution < -0.4 is 5.73 Å². The van der Waals surface area contributed by atoms with E-state index in [4.69, 9.17) is 5.73 Å². The van der Waals surface area contributed by atoms with Gasteiger partial charge in [-0.3, -0.25) is 4.79 Å². The largest absolute Gasteiger partial charge is 0.476 e. The number of nitrogens with zero attached hydrogens (tertiary/aromatic N) is 3. The molecule has 0 unspecified atom stereocenters. The number of aryl methyl sites for hydroxylation is 2. The number of carboxylic acid groups (broad SMARTS) is 1. The predicted octanol–water partition coefficient (Wildman–Crippen LogP) is 0.751. The molecular formula is C14H16N4O3. The number of rotatable bonds is 6. The number of aromatic nitrogens is 3. The Morgan fingerprint density at radius 3 is 2.76 bits per heavy atom. The zero-order valence-electron chi connectivity index (χ0n) is 11.6. The van der Waals surface area contributed by atoms with Crippen LogP contribution in [-0.4, -0.2) is 32.0 Å². The number of hydrogen-bond acceptors (Lipinski definition) is 4. The van der Waals surface area contributed by atoms with Crippen LogP contribution >= 0.6 is 0 Å². The molecule has 21 heavy (non-hydrogen) atoms. The van der Waals surface area contributed by atoms with E-state index in [0.29, 0.717) is 12.1 Å². The molecule has 2 aromatic rings. The van der Waals surface area contributed by atoms with Crippen molar-refractivity contribution in [3.05, 3.63) is 46.8 Å². The molecular weight excluding hydrogens is 272 g/mol. The number of nitrogens with two attached hydrogens (primary N) is 1. The zero-order chi connectivity index (χ0) is 15.4. The fourth-order valence-corrected chi connectivity index (χ4v) is 2.09. The number of aromatic carboxylic acids is 1. The molecule has 0 radical (unpaired) electrons. The van der Waals surface area contributed by atoms with Crippen molar-refractivity contribution in [1.82, 2.24) is 15.0 Å². The molecule has 0 spiro atoms. The van der Waals surface area contributed by atoms with E-state index in [-0.39, 0.29) is 18.7 Å². The zero-order valence-corrected chi connectivity index (χ0v) is 11.6. The van der Waals surface area contributed by atoms with Crippen LogP contribution in [0.4, 0.5) is 0 Å². The maximum absolute atomic E-state index is 11.2. The van der Waals surface area contributed by atoms with Gasteiger partial charge in [0.15, 0.2) is 5.69 Å². The lowest BCUT2D eigenvalue weighted by atomic mass is 10.1. The van der Waals surface area contributed by atoms with Crippen LogP contribution in [0.25, 0.3) is 0 Å². The van der Waals surface area contributed by atoms with Gasteiger partial charge in [0.25, 0.3) is 0 Å². The lowest BCUT2D eigenvalue weighted by Gasteiger charge is -2.07. The minimum absolute atomic E-state index is 0.0865. The standard InChI is InChI=1S/C14H16N4O3/c1-9-3-2-4-10(7-9)8-11-13(14(20)21)16-17-18(11)6-5-12(15)19/h2-4,7H,5-6,8H2,1H3,(H2,15,19)(H,20,21). The molecule has 3 N–H and O–H groups in total. The number of hydrogen-bond donors (Lipinski definition) is 2. The molecule has 110 valence electrons. The molecule has 0 aliphatic heterocycles. The van der Waals surface area contributed by atoms with Gasteiger partial charge in [-0.2, -0.15) is 0 Å². The first-order valence-corrected chi connectivity index (χ1v) is 6.47. The Morgan fingerprint density at radius 2 is 2.14 bits per heavy atom. The molecule has 0 fully saturated rings. The van der Waals surface area contributed by atoms with Crippen LogP contribution in [0.15, 0.2) is 24.3 Å². The van der Waals surface area contributed by atoms with E-state index in [2.05, 4.69) is 10.3 Å². The lowest BCUT2D eigenvalue weighted by Crippen LogP contribution is -2.16. The third-order valence-corrected chi connectivity index (χ3v) is 3.06. The van der Waals surface area contributed by atoms with E-state index in [0.717, 1.165) is 11.1 Å². The van der Waals surface area contributed by atoms with Crippen LogP contribution in [0, 0.1) is 6.92 Å². The highest BCUT2D eigenvalue weighted by Crippen LogP contribution is 2.14. The van der Waals surface area contributed by atoms with E-state index < -0.39 is 11.9 Å². The van der Waals surface area contributed by atoms with Gasteiger partial charge in [-0.05, 0) is 12.5 Å². The Bertz CT molecular complexity index is 679. The number of carbonyl (C=O) groups is 2. The van der Waals surface area contributed by atoms with E-state index in [9.17, 15) is 14.7 Å². The maximum atomic E-state index is 11.2. The SMILES string of the molecule is Cc1cccc(Cc2c(C(=O)O)nnn2CCC(N)=O)c1. The molecule has 0 saturated heterocycles. The van der Waals surface area contributed by atoms with Crippen molar-refractivity contribution in [1.29, 1.82) is 0 Å². The third kappa shape index (κ3) is 3.65. The number of primary amides is 1.